The van der Waals surface area contributed by atoms with Crippen molar-refractivity contribution in [2.24, 2.45) is 11.7 Å². The molecule has 0 heterocycles. The van der Waals surface area contributed by atoms with Crippen molar-refractivity contribution in [3.05, 3.63) is 22.2 Å². The standard InChI is InChI=1S/C13H20BrNO2/c1-8(2)7-10(15)9-5-6-11(16-3)12(14)13(9)17-4/h5-6,8,10H,7,15H2,1-4H3. The first kappa shape index (κ1) is 14.3. The Morgan fingerprint density at radius 2 is 1.88 bits per heavy atom. The molecule has 0 radical (unpaired) electrons. The van der Waals surface area contributed by atoms with Crippen molar-refractivity contribution in [1.29, 1.82) is 0 Å². The quantitative estimate of drug-likeness (QED) is 0.905. The smallest absolute Gasteiger partial charge is 0.141 e. The van der Waals surface area contributed by atoms with Gasteiger partial charge in [0, 0.05) is 11.6 Å². The Morgan fingerprint density at radius 1 is 1.24 bits per heavy atom. The fraction of sp³-hybridized carbons (Fsp3) is 0.538. The molecular weight excluding hydrogens is 282 g/mol. The molecule has 0 spiro atoms. The average Bonchev–Trinajstić information content (AvgIpc) is 2.27. The molecule has 0 aliphatic rings. The first-order chi connectivity index (χ1) is 8.01. The van der Waals surface area contributed by atoms with E-state index in [1.807, 2.05) is 12.1 Å². The van der Waals surface area contributed by atoms with Gasteiger partial charge >= 0.3 is 0 Å². The van der Waals surface area contributed by atoms with E-state index in [-0.39, 0.29) is 6.04 Å². The van der Waals surface area contributed by atoms with E-state index in [1.165, 1.54) is 0 Å². The maximum Gasteiger partial charge on any atom is 0.141 e. The summed E-state index contributed by atoms with van der Waals surface area (Å²) in [6.07, 6.45) is 0.926. The summed E-state index contributed by atoms with van der Waals surface area (Å²) in [4.78, 5) is 0. The molecule has 4 heteroatoms. The SMILES string of the molecule is COc1ccc(C(N)CC(C)C)c(OC)c1Br. The summed E-state index contributed by atoms with van der Waals surface area (Å²) < 4.78 is 11.5. The molecule has 0 bridgehead atoms. The molecule has 0 saturated carbocycles. The summed E-state index contributed by atoms with van der Waals surface area (Å²) in [7, 11) is 3.28. The van der Waals surface area contributed by atoms with Gasteiger partial charge in [0.05, 0.1) is 14.2 Å². The van der Waals surface area contributed by atoms with Crippen molar-refractivity contribution in [2.75, 3.05) is 14.2 Å². The molecule has 3 nitrogen and oxygen atoms in total. The monoisotopic (exact) mass is 301 g/mol. The third kappa shape index (κ3) is 3.36. The predicted molar refractivity (Wildman–Crippen MR) is 73.6 cm³/mol. The van der Waals surface area contributed by atoms with Crippen molar-refractivity contribution < 1.29 is 9.47 Å². The van der Waals surface area contributed by atoms with Gasteiger partial charge < -0.3 is 15.2 Å². The number of nitrogens with two attached hydrogens (primary N) is 1. The van der Waals surface area contributed by atoms with Gasteiger partial charge in [0.2, 0.25) is 0 Å². The number of hydrogen-bond acceptors (Lipinski definition) is 3. The third-order valence-corrected chi connectivity index (χ3v) is 3.39. The summed E-state index contributed by atoms with van der Waals surface area (Å²) in [5, 5.41) is 0. The van der Waals surface area contributed by atoms with Crippen LogP contribution in [0.25, 0.3) is 0 Å². The third-order valence-electron chi connectivity index (χ3n) is 2.64. The largest absolute Gasteiger partial charge is 0.495 e. The van der Waals surface area contributed by atoms with E-state index in [0.717, 1.165) is 28.0 Å². The summed E-state index contributed by atoms with van der Waals surface area (Å²) in [6.45, 7) is 4.32. The molecule has 0 amide bonds. The Kier molecular flexibility index (Phi) is 5.28. The number of halogens is 1. The van der Waals surface area contributed by atoms with E-state index < -0.39 is 0 Å². The highest BCUT2D eigenvalue weighted by Crippen LogP contribution is 2.40. The van der Waals surface area contributed by atoms with Crippen LogP contribution in [0.4, 0.5) is 0 Å². The normalized spacial score (nSPS) is 12.6. The molecular formula is C13H20BrNO2. The first-order valence-electron chi connectivity index (χ1n) is 5.67. The highest BCUT2D eigenvalue weighted by atomic mass is 79.9. The maximum atomic E-state index is 6.19. The van der Waals surface area contributed by atoms with Crippen molar-refractivity contribution in [3.63, 3.8) is 0 Å². The van der Waals surface area contributed by atoms with Crippen LogP contribution in [-0.4, -0.2) is 14.2 Å². The van der Waals surface area contributed by atoms with Crippen LogP contribution in [0.1, 0.15) is 31.9 Å². The fourth-order valence-corrected chi connectivity index (χ4v) is 2.53. The minimum Gasteiger partial charge on any atom is -0.495 e. The summed E-state index contributed by atoms with van der Waals surface area (Å²) in [5.74, 6) is 2.07. The van der Waals surface area contributed by atoms with Crippen LogP contribution in [0.3, 0.4) is 0 Å². The Morgan fingerprint density at radius 3 is 2.35 bits per heavy atom. The molecule has 1 aromatic carbocycles. The molecule has 0 aliphatic carbocycles. The van der Waals surface area contributed by atoms with Crippen molar-refractivity contribution in [1.82, 2.24) is 0 Å². The number of rotatable bonds is 5. The molecule has 0 aliphatic heterocycles. The van der Waals surface area contributed by atoms with Crippen molar-refractivity contribution in [2.45, 2.75) is 26.3 Å². The molecule has 1 rings (SSSR count). The molecule has 0 fully saturated rings. The van der Waals surface area contributed by atoms with Crippen LogP contribution >= 0.6 is 15.9 Å². The number of methoxy groups -OCH3 is 2. The van der Waals surface area contributed by atoms with Crippen LogP contribution < -0.4 is 15.2 Å². The highest BCUT2D eigenvalue weighted by Gasteiger charge is 2.18. The lowest BCUT2D eigenvalue weighted by Crippen LogP contribution is -2.14. The minimum atomic E-state index is -0.0212. The number of benzene rings is 1. The zero-order valence-corrected chi connectivity index (χ0v) is 12.4. The lowest BCUT2D eigenvalue weighted by Gasteiger charge is -2.19. The van der Waals surface area contributed by atoms with Crippen molar-refractivity contribution >= 4 is 15.9 Å². The van der Waals surface area contributed by atoms with E-state index in [9.17, 15) is 0 Å². The van der Waals surface area contributed by atoms with E-state index in [4.69, 9.17) is 15.2 Å². The van der Waals surface area contributed by atoms with E-state index in [0.29, 0.717) is 5.92 Å². The van der Waals surface area contributed by atoms with Gasteiger partial charge in [-0.2, -0.15) is 0 Å². The Bertz CT molecular complexity index is 380. The van der Waals surface area contributed by atoms with Crippen molar-refractivity contribution in [3.8, 4) is 11.5 Å². The lowest BCUT2D eigenvalue weighted by molar-refractivity contribution is 0.380. The molecule has 96 valence electrons. The van der Waals surface area contributed by atoms with Crippen LogP contribution in [0.5, 0.6) is 11.5 Å². The van der Waals surface area contributed by atoms with E-state index >= 15 is 0 Å². The second-order valence-electron chi connectivity index (χ2n) is 4.44. The van der Waals surface area contributed by atoms with Crippen LogP contribution in [0.2, 0.25) is 0 Å². The maximum absolute atomic E-state index is 6.19. The van der Waals surface area contributed by atoms with Gasteiger partial charge in [-0.3, -0.25) is 0 Å². The second kappa shape index (κ2) is 6.26. The number of hydrogen-bond donors (Lipinski definition) is 1. The topological polar surface area (TPSA) is 44.5 Å². The molecule has 0 aromatic heterocycles. The Labute approximate surface area is 111 Å². The van der Waals surface area contributed by atoms with Crippen LogP contribution in [-0.2, 0) is 0 Å². The number of ether oxygens (including phenoxy) is 2. The molecule has 17 heavy (non-hydrogen) atoms. The van der Waals surface area contributed by atoms with Gasteiger partial charge in [0.1, 0.15) is 16.0 Å². The average molecular weight is 302 g/mol. The summed E-state index contributed by atoms with van der Waals surface area (Å²) >= 11 is 3.48. The summed E-state index contributed by atoms with van der Waals surface area (Å²) in [5.41, 5.74) is 7.20. The van der Waals surface area contributed by atoms with Gasteiger partial charge in [-0.05, 0) is 40.4 Å². The van der Waals surface area contributed by atoms with E-state index in [2.05, 4.69) is 29.8 Å². The van der Waals surface area contributed by atoms with Gasteiger partial charge in [0.25, 0.3) is 0 Å². The van der Waals surface area contributed by atoms with Gasteiger partial charge in [-0.1, -0.05) is 13.8 Å². The molecule has 2 N–H and O–H groups in total. The Hall–Kier alpha value is -0.740. The zero-order valence-electron chi connectivity index (χ0n) is 10.8. The predicted octanol–water partition coefficient (Wildman–Crippen LogP) is 3.51. The second-order valence-corrected chi connectivity index (χ2v) is 5.23. The molecule has 0 saturated heterocycles. The Balaban J connectivity index is 3.11. The molecule has 1 atom stereocenters. The lowest BCUT2D eigenvalue weighted by atomic mass is 9.97. The molecule has 1 aromatic rings. The van der Waals surface area contributed by atoms with E-state index in [1.54, 1.807) is 14.2 Å². The van der Waals surface area contributed by atoms with Gasteiger partial charge in [-0.15, -0.1) is 0 Å². The molecule has 1 unspecified atom stereocenters. The van der Waals surface area contributed by atoms with Gasteiger partial charge in [-0.25, -0.2) is 0 Å². The van der Waals surface area contributed by atoms with Gasteiger partial charge in [0.15, 0.2) is 0 Å². The van der Waals surface area contributed by atoms with Crippen LogP contribution in [0, 0.1) is 5.92 Å². The highest BCUT2D eigenvalue weighted by molar-refractivity contribution is 9.10. The zero-order chi connectivity index (χ0) is 13.0. The van der Waals surface area contributed by atoms with Crippen LogP contribution in [0.15, 0.2) is 16.6 Å². The minimum absolute atomic E-state index is 0.0212. The first-order valence-corrected chi connectivity index (χ1v) is 6.46. The fourth-order valence-electron chi connectivity index (χ4n) is 1.84. The summed E-state index contributed by atoms with van der Waals surface area (Å²) in [6, 6.07) is 3.85.